The Morgan fingerprint density at radius 1 is 1.07 bits per heavy atom. The molecule has 146 valence electrons. The zero-order valence-corrected chi connectivity index (χ0v) is 15.6. The standard InChI is InChI=1S/C22H23FN2O3/c23-18-5-9-20(10-6-18)28-19-7-3-15(4-8-19)12-24-22(27)17-11-21(26)25(14-17)13-16-1-2-16/h3-10,16-17H,1-2,11-14H2,(H,24,27)/t17-/m0/s1. The lowest BCUT2D eigenvalue weighted by atomic mass is 10.1. The van der Waals surface area contributed by atoms with Crippen LogP contribution in [0.4, 0.5) is 4.39 Å². The Balaban J connectivity index is 1.26. The van der Waals surface area contributed by atoms with Gasteiger partial charge in [0.05, 0.1) is 5.92 Å². The summed E-state index contributed by atoms with van der Waals surface area (Å²) in [5, 5.41) is 2.93. The van der Waals surface area contributed by atoms with Gasteiger partial charge in [-0.2, -0.15) is 0 Å². The quantitative estimate of drug-likeness (QED) is 0.797. The number of likely N-dealkylation sites (tertiary alicyclic amines) is 1. The van der Waals surface area contributed by atoms with E-state index < -0.39 is 0 Å². The summed E-state index contributed by atoms with van der Waals surface area (Å²) in [6.07, 6.45) is 2.70. The Morgan fingerprint density at radius 2 is 1.71 bits per heavy atom. The molecule has 0 aromatic heterocycles. The molecular weight excluding hydrogens is 359 g/mol. The Labute approximate surface area is 163 Å². The molecule has 0 unspecified atom stereocenters. The third kappa shape index (κ3) is 4.68. The van der Waals surface area contributed by atoms with Gasteiger partial charge in [0.25, 0.3) is 0 Å². The minimum Gasteiger partial charge on any atom is -0.457 e. The summed E-state index contributed by atoms with van der Waals surface area (Å²) < 4.78 is 18.6. The summed E-state index contributed by atoms with van der Waals surface area (Å²) in [5.41, 5.74) is 0.943. The number of nitrogens with zero attached hydrogens (tertiary/aromatic N) is 1. The maximum absolute atomic E-state index is 12.9. The Morgan fingerprint density at radius 3 is 2.36 bits per heavy atom. The molecule has 4 rings (SSSR count). The van der Waals surface area contributed by atoms with Crippen LogP contribution in [0.2, 0.25) is 0 Å². The van der Waals surface area contributed by atoms with Gasteiger partial charge in [-0.3, -0.25) is 9.59 Å². The molecule has 1 saturated heterocycles. The minimum atomic E-state index is -0.307. The number of halogens is 1. The number of hydrogen-bond donors (Lipinski definition) is 1. The van der Waals surface area contributed by atoms with Gasteiger partial charge in [-0.05, 0) is 60.7 Å². The van der Waals surface area contributed by atoms with Crippen molar-refractivity contribution in [3.8, 4) is 11.5 Å². The van der Waals surface area contributed by atoms with Gasteiger partial charge in [0.15, 0.2) is 0 Å². The van der Waals surface area contributed by atoms with Crippen LogP contribution in [0.15, 0.2) is 48.5 Å². The van der Waals surface area contributed by atoms with Crippen LogP contribution < -0.4 is 10.1 Å². The number of benzene rings is 2. The second kappa shape index (κ2) is 8.00. The van der Waals surface area contributed by atoms with Crippen LogP contribution in [0.3, 0.4) is 0 Å². The molecule has 1 atom stereocenters. The molecule has 1 N–H and O–H groups in total. The van der Waals surface area contributed by atoms with Crippen molar-refractivity contribution in [1.82, 2.24) is 10.2 Å². The summed E-state index contributed by atoms with van der Waals surface area (Å²) in [4.78, 5) is 26.3. The lowest BCUT2D eigenvalue weighted by Crippen LogP contribution is -2.33. The molecule has 2 aromatic carbocycles. The van der Waals surface area contributed by atoms with Crippen molar-refractivity contribution < 1.29 is 18.7 Å². The van der Waals surface area contributed by atoms with Crippen LogP contribution in [0.5, 0.6) is 11.5 Å². The van der Waals surface area contributed by atoms with Gasteiger partial charge in [0.2, 0.25) is 11.8 Å². The van der Waals surface area contributed by atoms with Crippen LogP contribution in [-0.2, 0) is 16.1 Å². The molecule has 2 aromatic rings. The van der Waals surface area contributed by atoms with E-state index in [0.717, 1.165) is 12.1 Å². The molecule has 28 heavy (non-hydrogen) atoms. The van der Waals surface area contributed by atoms with Crippen LogP contribution in [-0.4, -0.2) is 29.8 Å². The first-order chi connectivity index (χ1) is 13.6. The topological polar surface area (TPSA) is 58.6 Å². The fourth-order valence-electron chi connectivity index (χ4n) is 3.38. The molecule has 0 bridgehead atoms. The van der Waals surface area contributed by atoms with E-state index >= 15 is 0 Å². The van der Waals surface area contributed by atoms with Crippen molar-refractivity contribution in [2.24, 2.45) is 11.8 Å². The predicted molar refractivity (Wildman–Crippen MR) is 102 cm³/mol. The highest BCUT2D eigenvalue weighted by Gasteiger charge is 2.36. The van der Waals surface area contributed by atoms with Crippen molar-refractivity contribution in [3.63, 3.8) is 0 Å². The van der Waals surface area contributed by atoms with Gasteiger partial charge in [-0.25, -0.2) is 4.39 Å². The number of carbonyl (C=O) groups is 2. The van der Waals surface area contributed by atoms with Gasteiger partial charge in [-0.15, -0.1) is 0 Å². The van der Waals surface area contributed by atoms with Crippen LogP contribution >= 0.6 is 0 Å². The third-order valence-corrected chi connectivity index (χ3v) is 5.20. The number of ether oxygens (including phenoxy) is 1. The monoisotopic (exact) mass is 382 g/mol. The predicted octanol–water partition coefficient (Wildman–Crippen LogP) is 3.49. The molecule has 1 saturated carbocycles. The molecule has 2 amide bonds. The van der Waals surface area contributed by atoms with E-state index in [1.807, 2.05) is 17.0 Å². The second-order valence-electron chi connectivity index (χ2n) is 7.56. The maximum Gasteiger partial charge on any atom is 0.225 e. The smallest absolute Gasteiger partial charge is 0.225 e. The van der Waals surface area contributed by atoms with E-state index in [-0.39, 0.29) is 23.5 Å². The number of amides is 2. The SMILES string of the molecule is O=C(NCc1ccc(Oc2ccc(F)cc2)cc1)[C@H]1CC(=O)N(CC2CC2)C1. The fourth-order valence-corrected chi connectivity index (χ4v) is 3.38. The first-order valence-corrected chi connectivity index (χ1v) is 9.64. The lowest BCUT2D eigenvalue weighted by Gasteiger charge is -2.16. The largest absolute Gasteiger partial charge is 0.457 e. The van der Waals surface area contributed by atoms with E-state index in [1.54, 1.807) is 24.3 Å². The van der Waals surface area contributed by atoms with Gasteiger partial charge < -0.3 is 15.0 Å². The number of rotatable bonds is 7. The van der Waals surface area contributed by atoms with Crippen molar-refractivity contribution in [1.29, 1.82) is 0 Å². The summed E-state index contributed by atoms with van der Waals surface area (Å²) in [6, 6.07) is 13.2. The van der Waals surface area contributed by atoms with Crippen LogP contribution in [0.1, 0.15) is 24.8 Å². The maximum atomic E-state index is 12.9. The Kier molecular flexibility index (Phi) is 5.28. The number of nitrogens with one attached hydrogen (secondary N) is 1. The molecule has 1 aliphatic carbocycles. The summed E-state index contributed by atoms with van der Waals surface area (Å²) in [7, 11) is 0. The average Bonchev–Trinajstić information content (AvgIpc) is 3.44. The highest BCUT2D eigenvalue weighted by Crippen LogP contribution is 2.32. The molecule has 0 radical (unpaired) electrons. The van der Waals surface area contributed by atoms with Crippen LogP contribution in [0, 0.1) is 17.7 Å². The van der Waals surface area contributed by atoms with Gasteiger partial charge in [0, 0.05) is 26.1 Å². The van der Waals surface area contributed by atoms with Gasteiger partial charge >= 0.3 is 0 Å². The molecule has 6 heteroatoms. The third-order valence-electron chi connectivity index (χ3n) is 5.20. The molecule has 0 spiro atoms. The van der Waals surface area contributed by atoms with Crippen molar-refractivity contribution >= 4 is 11.8 Å². The highest BCUT2D eigenvalue weighted by molar-refractivity contribution is 5.89. The first kappa shape index (κ1) is 18.5. The molecule has 1 heterocycles. The molecular formula is C22H23FN2O3. The number of carbonyl (C=O) groups excluding carboxylic acids is 2. The van der Waals surface area contributed by atoms with E-state index in [1.165, 1.54) is 25.0 Å². The summed E-state index contributed by atoms with van der Waals surface area (Å²) in [5.74, 6) is 1.29. The van der Waals surface area contributed by atoms with E-state index in [9.17, 15) is 14.0 Å². The van der Waals surface area contributed by atoms with Gasteiger partial charge in [-0.1, -0.05) is 12.1 Å². The molecule has 2 aliphatic rings. The van der Waals surface area contributed by atoms with Crippen molar-refractivity contribution in [2.45, 2.75) is 25.8 Å². The fraction of sp³-hybridized carbons (Fsp3) is 0.364. The minimum absolute atomic E-state index is 0.0710. The first-order valence-electron chi connectivity index (χ1n) is 9.64. The zero-order valence-electron chi connectivity index (χ0n) is 15.6. The summed E-state index contributed by atoms with van der Waals surface area (Å²) in [6.45, 7) is 1.74. The molecule has 2 fully saturated rings. The lowest BCUT2D eigenvalue weighted by molar-refractivity contribution is -0.129. The number of hydrogen-bond acceptors (Lipinski definition) is 3. The second-order valence-corrected chi connectivity index (χ2v) is 7.56. The van der Waals surface area contributed by atoms with Crippen molar-refractivity contribution in [2.75, 3.05) is 13.1 Å². The highest BCUT2D eigenvalue weighted by atomic mass is 19.1. The van der Waals surface area contributed by atoms with E-state index in [4.69, 9.17) is 4.74 Å². The van der Waals surface area contributed by atoms with Crippen molar-refractivity contribution in [3.05, 3.63) is 59.9 Å². The Hall–Kier alpha value is -2.89. The average molecular weight is 382 g/mol. The van der Waals surface area contributed by atoms with E-state index in [2.05, 4.69) is 5.32 Å². The Bertz CT molecular complexity index is 847. The summed E-state index contributed by atoms with van der Waals surface area (Å²) >= 11 is 0. The van der Waals surface area contributed by atoms with E-state index in [0.29, 0.717) is 36.9 Å². The molecule has 5 nitrogen and oxygen atoms in total. The van der Waals surface area contributed by atoms with Crippen LogP contribution in [0.25, 0.3) is 0 Å². The normalized spacial score (nSPS) is 19.0. The zero-order chi connectivity index (χ0) is 19.5. The molecule has 1 aliphatic heterocycles. The van der Waals surface area contributed by atoms with Gasteiger partial charge in [0.1, 0.15) is 17.3 Å².